The topological polar surface area (TPSA) is 71.3 Å². The fourth-order valence-corrected chi connectivity index (χ4v) is 4.07. The van der Waals surface area contributed by atoms with Crippen LogP contribution in [0.1, 0.15) is 51.7 Å². The summed E-state index contributed by atoms with van der Waals surface area (Å²) in [7, 11) is -3.53. The van der Waals surface area contributed by atoms with Crippen molar-refractivity contribution < 1.29 is 12.8 Å². The number of sulfonamides is 1. The minimum Gasteiger partial charge on any atom is -0.447 e. The van der Waals surface area contributed by atoms with Crippen molar-refractivity contribution >= 4 is 10.0 Å². The zero-order valence-electron chi connectivity index (χ0n) is 12.9. The predicted octanol–water partition coefficient (Wildman–Crippen LogP) is 2.64. The molecule has 0 unspecified atom stereocenters. The van der Waals surface area contributed by atoms with Crippen LogP contribution in [0.4, 0.5) is 0 Å². The van der Waals surface area contributed by atoms with Gasteiger partial charge in [0.2, 0.25) is 5.09 Å². The number of furan rings is 1. The van der Waals surface area contributed by atoms with Crippen LogP contribution in [0.3, 0.4) is 0 Å². The van der Waals surface area contributed by atoms with Crippen LogP contribution in [-0.2, 0) is 16.6 Å². The first-order chi connectivity index (χ1) is 10.0. The summed E-state index contributed by atoms with van der Waals surface area (Å²) in [6.07, 6.45) is 5.23. The molecule has 1 saturated carbocycles. The molecule has 1 fully saturated rings. The Kier molecular flexibility index (Phi) is 5.84. The fourth-order valence-electron chi connectivity index (χ4n) is 2.81. The molecule has 0 aliphatic heterocycles. The van der Waals surface area contributed by atoms with Crippen LogP contribution in [0.25, 0.3) is 0 Å². The maximum Gasteiger partial charge on any atom is 0.274 e. The van der Waals surface area contributed by atoms with Gasteiger partial charge < -0.3 is 9.73 Å². The van der Waals surface area contributed by atoms with Gasteiger partial charge in [0.05, 0.1) is 6.54 Å². The molecule has 0 radical (unpaired) electrons. The lowest BCUT2D eigenvalue weighted by molar-refractivity contribution is 0.304. The van der Waals surface area contributed by atoms with E-state index in [0.717, 1.165) is 38.1 Å². The van der Waals surface area contributed by atoms with E-state index in [4.69, 9.17) is 4.42 Å². The molecule has 120 valence electrons. The second-order valence-corrected chi connectivity index (χ2v) is 7.39. The average Bonchev–Trinajstić information content (AvgIpc) is 2.95. The lowest BCUT2D eigenvalue weighted by atomic mass is 9.85. The summed E-state index contributed by atoms with van der Waals surface area (Å²) in [6.45, 7) is 5.56. The third-order valence-electron chi connectivity index (χ3n) is 4.20. The highest BCUT2D eigenvalue weighted by Crippen LogP contribution is 2.27. The van der Waals surface area contributed by atoms with E-state index in [9.17, 15) is 8.42 Å². The van der Waals surface area contributed by atoms with E-state index in [1.807, 2.05) is 6.92 Å². The molecule has 0 atom stereocenters. The maximum atomic E-state index is 12.3. The van der Waals surface area contributed by atoms with Gasteiger partial charge in [0.25, 0.3) is 10.0 Å². The lowest BCUT2D eigenvalue weighted by Gasteiger charge is -2.27. The highest BCUT2D eigenvalue weighted by molar-refractivity contribution is 7.89. The third kappa shape index (κ3) is 4.56. The van der Waals surface area contributed by atoms with Crippen molar-refractivity contribution in [2.75, 3.05) is 6.54 Å². The zero-order chi connectivity index (χ0) is 15.3. The van der Waals surface area contributed by atoms with E-state index in [1.165, 1.54) is 12.5 Å². The summed E-state index contributed by atoms with van der Waals surface area (Å²) >= 11 is 0. The van der Waals surface area contributed by atoms with Crippen LogP contribution in [0, 0.1) is 5.92 Å². The van der Waals surface area contributed by atoms with Gasteiger partial charge in [0.15, 0.2) is 0 Å². The lowest BCUT2D eigenvalue weighted by Crippen LogP contribution is -2.37. The van der Waals surface area contributed by atoms with Crippen LogP contribution in [-0.4, -0.2) is 21.0 Å². The molecule has 1 aliphatic rings. The third-order valence-corrected chi connectivity index (χ3v) is 5.59. The molecule has 5 nitrogen and oxygen atoms in total. The average molecular weight is 314 g/mol. The molecule has 1 aliphatic carbocycles. The van der Waals surface area contributed by atoms with Gasteiger partial charge >= 0.3 is 0 Å². The van der Waals surface area contributed by atoms with Crippen LogP contribution in [0.2, 0.25) is 0 Å². The van der Waals surface area contributed by atoms with Crippen LogP contribution in [0.15, 0.2) is 21.6 Å². The van der Waals surface area contributed by atoms with Gasteiger partial charge in [-0.1, -0.05) is 20.3 Å². The quantitative estimate of drug-likeness (QED) is 0.811. The molecule has 2 N–H and O–H groups in total. The molecule has 0 spiro atoms. The minimum absolute atomic E-state index is 0.0213. The summed E-state index contributed by atoms with van der Waals surface area (Å²) in [5, 5.41) is 3.13. The second-order valence-electron chi connectivity index (χ2n) is 5.75. The summed E-state index contributed by atoms with van der Waals surface area (Å²) in [5.74, 6) is 1.40. The monoisotopic (exact) mass is 314 g/mol. The SMILES string of the molecule is CCNCc1ccc(S(=O)(=O)NC2CCC(CC)CC2)o1. The van der Waals surface area contributed by atoms with Gasteiger partial charge in [-0.25, -0.2) is 13.1 Å². The molecule has 1 heterocycles. The normalized spacial score (nSPS) is 23.3. The Balaban J connectivity index is 1.94. The maximum absolute atomic E-state index is 12.3. The van der Waals surface area contributed by atoms with Crippen molar-refractivity contribution in [2.24, 2.45) is 5.92 Å². The zero-order valence-corrected chi connectivity index (χ0v) is 13.7. The van der Waals surface area contributed by atoms with Gasteiger partial charge in [-0.05, 0) is 50.3 Å². The Labute approximate surface area is 127 Å². The van der Waals surface area contributed by atoms with E-state index in [0.29, 0.717) is 12.3 Å². The molecular weight excluding hydrogens is 288 g/mol. The van der Waals surface area contributed by atoms with Crippen LogP contribution in [0.5, 0.6) is 0 Å². The first kappa shape index (κ1) is 16.5. The number of nitrogens with one attached hydrogen (secondary N) is 2. The van der Waals surface area contributed by atoms with Gasteiger partial charge in [0.1, 0.15) is 5.76 Å². The summed E-state index contributed by atoms with van der Waals surface area (Å²) in [5.41, 5.74) is 0. The summed E-state index contributed by atoms with van der Waals surface area (Å²) in [6, 6.07) is 3.29. The van der Waals surface area contributed by atoms with E-state index in [1.54, 1.807) is 6.07 Å². The predicted molar refractivity (Wildman–Crippen MR) is 82.4 cm³/mol. The van der Waals surface area contributed by atoms with E-state index < -0.39 is 10.0 Å². The minimum atomic E-state index is -3.53. The fraction of sp³-hybridized carbons (Fsp3) is 0.733. The van der Waals surface area contributed by atoms with E-state index >= 15 is 0 Å². The molecule has 21 heavy (non-hydrogen) atoms. The highest BCUT2D eigenvalue weighted by atomic mass is 32.2. The van der Waals surface area contributed by atoms with Crippen LogP contribution < -0.4 is 10.0 Å². The van der Waals surface area contributed by atoms with E-state index in [-0.39, 0.29) is 11.1 Å². The Hall–Kier alpha value is -0.850. The van der Waals surface area contributed by atoms with Gasteiger partial charge in [-0.2, -0.15) is 0 Å². The summed E-state index contributed by atoms with van der Waals surface area (Å²) < 4.78 is 32.8. The molecule has 1 aromatic heterocycles. The Morgan fingerprint density at radius 1 is 1.19 bits per heavy atom. The standard InChI is InChI=1S/C15H26N2O3S/c1-3-12-5-7-13(8-6-12)17-21(18,19)15-10-9-14(20-15)11-16-4-2/h9-10,12-13,16-17H,3-8,11H2,1-2H3. The molecule has 1 aromatic rings. The molecule has 2 rings (SSSR count). The van der Waals surface area contributed by atoms with Crippen molar-refractivity contribution in [3.05, 3.63) is 17.9 Å². The molecule has 6 heteroatoms. The Morgan fingerprint density at radius 2 is 1.90 bits per heavy atom. The van der Waals surface area contributed by atoms with Gasteiger partial charge in [-0.3, -0.25) is 0 Å². The largest absolute Gasteiger partial charge is 0.447 e. The van der Waals surface area contributed by atoms with Crippen molar-refractivity contribution in [3.8, 4) is 0 Å². The van der Waals surface area contributed by atoms with Gasteiger partial charge in [0, 0.05) is 6.04 Å². The Morgan fingerprint density at radius 3 is 2.52 bits per heavy atom. The van der Waals surface area contributed by atoms with Gasteiger partial charge in [-0.15, -0.1) is 0 Å². The highest BCUT2D eigenvalue weighted by Gasteiger charge is 2.26. The number of hydrogen-bond donors (Lipinski definition) is 2. The van der Waals surface area contributed by atoms with Crippen molar-refractivity contribution in [1.82, 2.24) is 10.0 Å². The van der Waals surface area contributed by atoms with E-state index in [2.05, 4.69) is 17.0 Å². The number of rotatable bonds is 7. The molecule has 0 saturated heterocycles. The van der Waals surface area contributed by atoms with Crippen molar-refractivity contribution in [1.29, 1.82) is 0 Å². The molecular formula is C15H26N2O3S. The van der Waals surface area contributed by atoms with Crippen molar-refractivity contribution in [2.45, 2.75) is 63.6 Å². The first-order valence-electron chi connectivity index (χ1n) is 7.87. The smallest absolute Gasteiger partial charge is 0.274 e. The van der Waals surface area contributed by atoms with Crippen molar-refractivity contribution in [3.63, 3.8) is 0 Å². The molecule has 0 aromatic carbocycles. The number of hydrogen-bond acceptors (Lipinski definition) is 4. The summed E-state index contributed by atoms with van der Waals surface area (Å²) in [4.78, 5) is 0. The molecule has 0 amide bonds. The first-order valence-corrected chi connectivity index (χ1v) is 9.35. The molecule has 0 bridgehead atoms. The van der Waals surface area contributed by atoms with Crippen LogP contribution >= 0.6 is 0 Å². The second kappa shape index (κ2) is 7.42. The Bertz CT molecular complexity index is 531.